The molecular weight excluding hydrogens is 346 g/mol. The number of carbonyl (C=O) groups excluding carboxylic acids is 1. The Kier molecular flexibility index (Phi) is 3.52. The van der Waals surface area contributed by atoms with Crippen molar-refractivity contribution in [3.8, 4) is 0 Å². The van der Waals surface area contributed by atoms with Gasteiger partial charge in [0, 0.05) is 25.5 Å². The lowest BCUT2D eigenvalue weighted by Crippen LogP contribution is -2.60. The molecular formula is C18H17N7O2. The summed E-state index contributed by atoms with van der Waals surface area (Å²) in [5.74, 6) is 0.878. The molecule has 0 atom stereocenters. The Hall–Kier alpha value is -3.49. The van der Waals surface area contributed by atoms with Crippen LogP contribution in [-0.2, 0) is 11.2 Å². The smallest absolute Gasteiger partial charge is 0.228 e. The monoisotopic (exact) mass is 363 g/mol. The average molecular weight is 363 g/mol. The van der Waals surface area contributed by atoms with Crippen molar-refractivity contribution < 1.29 is 9.32 Å². The molecule has 0 saturated carbocycles. The van der Waals surface area contributed by atoms with E-state index in [0.29, 0.717) is 16.9 Å². The van der Waals surface area contributed by atoms with Gasteiger partial charge in [-0.15, -0.1) is 15.3 Å². The number of rotatable bonds is 4. The van der Waals surface area contributed by atoms with Crippen molar-refractivity contribution in [1.29, 1.82) is 0 Å². The number of anilines is 1. The zero-order chi connectivity index (χ0) is 18.4. The first-order chi connectivity index (χ1) is 13.2. The number of hydrogen-bond donors (Lipinski definition) is 0. The number of carbonyl (C=O) groups is 1. The van der Waals surface area contributed by atoms with E-state index in [2.05, 4.69) is 25.4 Å². The number of amides is 1. The van der Waals surface area contributed by atoms with Crippen molar-refractivity contribution in [3.63, 3.8) is 0 Å². The van der Waals surface area contributed by atoms with Crippen LogP contribution in [0.1, 0.15) is 5.69 Å². The third kappa shape index (κ3) is 2.67. The van der Waals surface area contributed by atoms with Crippen LogP contribution in [0.25, 0.3) is 16.6 Å². The van der Waals surface area contributed by atoms with Gasteiger partial charge in [-0.1, -0.05) is 17.3 Å². The second kappa shape index (κ2) is 6.04. The van der Waals surface area contributed by atoms with Crippen molar-refractivity contribution in [1.82, 2.24) is 29.9 Å². The highest BCUT2D eigenvalue weighted by atomic mass is 16.5. The minimum Gasteiger partial charge on any atom is -0.356 e. The highest BCUT2D eigenvalue weighted by Crippen LogP contribution is 2.23. The van der Waals surface area contributed by atoms with Crippen molar-refractivity contribution in [3.05, 3.63) is 48.4 Å². The number of nitrogens with zero attached hydrogens (tertiary/aromatic N) is 7. The van der Waals surface area contributed by atoms with Crippen molar-refractivity contribution >= 4 is 28.3 Å². The minimum atomic E-state index is 0.0286. The van der Waals surface area contributed by atoms with Crippen LogP contribution in [0.3, 0.4) is 0 Å². The molecule has 1 amide bonds. The Balaban J connectivity index is 1.24. The van der Waals surface area contributed by atoms with Gasteiger partial charge in [-0.05, 0) is 24.3 Å². The molecule has 0 radical (unpaired) electrons. The van der Waals surface area contributed by atoms with Crippen LogP contribution in [0.2, 0.25) is 0 Å². The van der Waals surface area contributed by atoms with Crippen molar-refractivity contribution in [2.45, 2.75) is 12.5 Å². The zero-order valence-corrected chi connectivity index (χ0v) is 14.7. The molecule has 136 valence electrons. The number of hydrogen-bond acceptors (Lipinski definition) is 7. The first-order valence-electron chi connectivity index (χ1n) is 8.70. The molecule has 0 aliphatic carbocycles. The van der Waals surface area contributed by atoms with E-state index in [1.54, 1.807) is 15.7 Å². The molecule has 4 aromatic rings. The lowest BCUT2D eigenvalue weighted by molar-refractivity contribution is -0.131. The van der Waals surface area contributed by atoms with Crippen LogP contribution in [0.15, 0.2) is 47.2 Å². The molecule has 1 aliphatic heterocycles. The Morgan fingerprint density at radius 3 is 3.00 bits per heavy atom. The van der Waals surface area contributed by atoms with Gasteiger partial charge in [-0.3, -0.25) is 4.79 Å². The Morgan fingerprint density at radius 2 is 2.11 bits per heavy atom. The zero-order valence-electron chi connectivity index (χ0n) is 14.7. The summed E-state index contributed by atoms with van der Waals surface area (Å²) in [6, 6.07) is 11.5. The molecule has 1 aliphatic rings. The fraction of sp³-hybridized carbons (Fsp3) is 0.278. The van der Waals surface area contributed by atoms with Gasteiger partial charge in [-0.25, -0.2) is 0 Å². The van der Waals surface area contributed by atoms with Gasteiger partial charge in [0.1, 0.15) is 17.8 Å². The number of para-hydroxylation sites is 1. The van der Waals surface area contributed by atoms with E-state index in [1.165, 1.54) is 0 Å². The number of aromatic nitrogens is 5. The highest BCUT2D eigenvalue weighted by molar-refractivity contribution is 5.86. The summed E-state index contributed by atoms with van der Waals surface area (Å²) in [6.07, 6.45) is 1.81. The summed E-state index contributed by atoms with van der Waals surface area (Å²) in [5.41, 5.74) is 2.09. The van der Waals surface area contributed by atoms with E-state index < -0.39 is 0 Å². The van der Waals surface area contributed by atoms with Crippen molar-refractivity contribution in [2.75, 3.05) is 25.0 Å². The van der Waals surface area contributed by atoms with Crippen LogP contribution in [-0.4, -0.2) is 62.0 Å². The van der Waals surface area contributed by atoms with Crippen LogP contribution in [0, 0.1) is 0 Å². The maximum Gasteiger partial charge on any atom is 0.228 e. The van der Waals surface area contributed by atoms with Gasteiger partial charge in [0.25, 0.3) is 0 Å². The van der Waals surface area contributed by atoms with E-state index >= 15 is 0 Å². The molecule has 1 aromatic carbocycles. The number of likely N-dealkylation sites (N-methyl/N-ethyl adjacent to an activating group) is 1. The Bertz CT molecular complexity index is 1130. The molecule has 9 nitrogen and oxygen atoms in total. The topological polar surface area (TPSA) is 92.7 Å². The van der Waals surface area contributed by atoms with Gasteiger partial charge in [0.15, 0.2) is 11.2 Å². The summed E-state index contributed by atoms with van der Waals surface area (Å²) >= 11 is 0. The molecule has 4 heterocycles. The largest absolute Gasteiger partial charge is 0.356 e. The molecule has 9 heteroatoms. The first-order valence-corrected chi connectivity index (χ1v) is 8.70. The molecule has 0 bridgehead atoms. The van der Waals surface area contributed by atoms with Gasteiger partial charge in [0.2, 0.25) is 5.91 Å². The second-order valence-electron chi connectivity index (χ2n) is 6.69. The van der Waals surface area contributed by atoms with Crippen LogP contribution in [0.5, 0.6) is 0 Å². The normalized spacial score (nSPS) is 14.6. The van der Waals surface area contributed by atoms with Crippen LogP contribution < -0.4 is 4.90 Å². The summed E-state index contributed by atoms with van der Waals surface area (Å²) < 4.78 is 6.93. The highest BCUT2D eigenvalue weighted by Gasteiger charge is 2.33. The summed E-state index contributed by atoms with van der Waals surface area (Å²) in [7, 11) is 1.84. The Morgan fingerprint density at radius 1 is 1.26 bits per heavy atom. The van der Waals surface area contributed by atoms with Gasteiger partial charge in [-0.2, -0.15) is 4.52 Å². The fourth-order valence-corrected chi connectivity index (χ4v) is 3.31. The van der Waals surface area contributed by atoms with E-state index in [4.69, 9.17) is 4.52 Å². The summed E-state index contributed by atoms with van der Waals surface area (Å²) in [6.45, 7) is 1.48. The third-order valence-corrected chi connectivity index (χ3v) is 5.05. The fourth-order valence-electron chi connectivity index (χ4n) is 3.31. The average Bonchev–Trinajstić information content (AvgIpc) is 3.27. The molecule has 0 unspecified atom stereocenters. The SMILES string of the molecule is CN(C(=O)Cc1noc2ccccc12)C1CN(c2ccc3nncn3n2)C1. The molecule has 3 aromatic heterocycles. The molecule has 27 heavy (non-hydrogen) atoms. The van der Waals surface area contributed by atoms with Crippen LogP contribution in [0.4, 0.5) is 5.82 Å². The minimum absolute atomic E-state index is 0.0286. The molecule has 1 saturated heterocycles. The van der Waals surface area contributed by atoms with E-state index in [0.717, 1.165) is 24.3 Å². The number of benzene rings is 1. The second-order valence-corrected chi connectivity index (χ2v) is 6.69. The number of fused-ring (bicyclic) bond motifs is 2. The third-order valence-electron chi connectivity index (χ3n) is 5.05. The molecule has 5 rings (SSSR count). The first kappa shape index (κ1) is 15.7. The van der Waals surface area contributed by atoms with Gasteiger partial charge >= 0.3 is 0 Å². The van der Waals surface area contributed by atoms with Gasteiger partial charge < -0.3 is 14.3 Å². The van der Waals surface area contributed by atoms with Crippen molar-refractivity contribution in [2.24, 2.45) is 0 Å². The van der Waals surface area contributed by atoms with Gasteiger partial charge in [0.05, 0.1) is 12.5 Å². The molecule has 1 fully saturated rings. The molecule has 0 spiro atoms. The maximum atomic E-state index is 12.7. The van der Waals surface area contributed by atoms with E-state index in [-0.39, 0.29) is 18.4 Å². The lowest BCUT2D eigenvalue weighted by Gasteiger charge is -2.44. The van der Waals surface area contributed by atoms with Crippen LogP contribution >= 0.6 is 0 Å². The lowest BCUT2D eigenvalue weighted by atomic mass is 10.1. The summed E-state index contributed by atoms with van der Waals surface area (Å²) in [5, 5.41) is 17.2. The molecule has 0 N–H and O–H groups in total. The maximum absolute atomic E-state index is 12.7. The predicted octanol–water partition coefficient (Wildman–Crippen LogP) is 1.16. The summed E-state index contributed by atoms with van der Waals surface area (Å²) in [4.78, 5) is 16.6. The Labute approximate surface area is 154 Å². The predicted molar refractivity (Wildman–Crippen MR) is 97.3 cm³/mol. The quantitative estimate of drug-likeness (QED) is 0.537. The van der Waals surface area contributed by atoms with E-state index in [9.17, 15) is 4.79 Å². The standard InChI is InChI=1S/C18H17N7O2/c1-23(18(26)8-14-13-4-2-3-5-15(13)27-22-14)12-9-24(10-12)17-7-6-16-20-19-11-25(16)21-17/h2-7,11-12H,8-10H2,1H3. The van der Waals surface area contributed by atoms with E-state index in [1.807, 2.05) is 43.4 Å².